The van der Waals surface area contributed by atoms with Gasteiger partial charge in [-0.05, 0) is 54.6 Å². The normalized spacial score (nSPS) is 52.2. The van der Waals surface area contributed by atoms with Crippen LogP contribution in [0.5, 0.6) is 0 Å². The zero-order valence-corrected chi connectivity index (χ0v) is 18.8. The van der Waals surface area contributed by atoms with Gasteiger partial charge in [0, 0.05) is 17.8 Å². The SMILES string of the molecule is CC(=O)[C@H]1C[C@@H](O)[C@@]2(C)[C@]3(O)C(=O)C[C@H]4C(C)(C)[C@@H](O)CC[C@]4(C)C3=CC(=O)[C@]12C. The molecule has 0 radical (unpaired) electrons. The smallest absolute Gasteiger partial charge is 0.169 e. The highest BCUT2D eigenvalue weighted by Gasteiger charge is 2.79. The van der Waals surface area contributed by atoms with Crippen molar-refractivity contribution in [2.24, 2.45) is 33.5 Å². The molecule has 8 atom stereocenters. The second-order valence-corrected chi connectivity index (χ2v) is 11.4. The second kappa shape index (κ2) is 5.90. The summed E-state index contributed by atoms with van der Waals surface area (Å²) in [4.78, 5) is 39.7. The van der Waals surface area contributed by atoms with E-state index in [-0.39, 0.29) is 30.3 Å². The van der Waals surface area contributed by atoms with E-state index in [2.05, 4.69) is 0 Å². The number of hydrogen-bond acceptors (Lipinski definition) is 6. The number of allylic oxidation sites excluding steroid dienone is 1. The molecule has 6 heteroatoms. The molecule has 0 aliphatic heterocycles. The highest BCUT2D eigenvalue weighted by Crippen LogP contribution is 2.72. The molecule has 4 rings (SSSR count). The second-order valence-electron chi connectivity index (χ2n) is 11.4. The van der Waals surface area contributed by atoms with Crippen molar-refractivity contribution in [2.45, 2.75) is 85.0 Å². The molecule has 4 aliphatic carbocycles. The van der Waals surface area contributed by atoms with Gasteiger partial charge in [0.05, 0.1) is 17.6 Å². The topological polar surface area (TPSA) is 112 Å². The van der Waals surface area contributed by atoms with Gasteiger partial charge in [-0.1, -0.05) is 34.6 Å². The van der Waals surface area contributed by atoms with E-state index in [1.165, 1.54) is 13.0 Å². The van der Waals surface area contributed by atoms with Crippen molar-refractivity contribution in [2.75, 3.05) is 0 Å². The van der Waals surface area contributed by atoms with Crippen molar-refractivity contribution >= 4 is 17.3 Å². The summed E-state index contributed by atoms with van der Waals surface area (Å²) >= 11 is 0. The highest BCUT2D eigenvalue weighted by molar-refractivity contribution is 6.07. The van der Waals surface area contributed by atoms with Gasteiger partial charge in [-0.2, -0.15) is 0 Å². The first kappa shape index (κ1) is 21.8. The van der Waals surface area contributed by atoms with Crippen LogP contribution in [0.4, 0.5) is 0 Å². The van der Waals surface area contributed by atoms with Gasteiger partial charge in [0.2, 0.25) is 0 Å². The molecule has 6 nitrogen and oxygen atoms in total. The van der Waals surface area contributed by atoms with E-state index < -0.39 is 51.2 Å². The van der Waals surface area contributed by atoms with Crippen LogP contribution >= 0.6 is 0 Å². The number of fused-ring (bicyclic) bond motifs is 5. The first-order valence-electron chi connectivity index (χ1n) is 11.0. The Morgan fingerprint density at radius 1 is 1.07 bits per heavy atom. The number of aliphatic hydroxyl groups excluding tert-OH is 2. The maximum atomic E-state index is 13.7. The van der Waals surface area contributed by atoms with E-state index in [1.807, 2.05) is 20.8 Å². The lowest BCUT2D eigenvalue weighted by atomic mass is 9.39. The minimum Gasteiger partial charge on any atom is -0.393 e. The highest BCUT2D eigenvalue weighted by atomic mass is 16.3. The Morgan fingerprint density at radius 3 is 2.23 bits per heavy atom. The summed E-state index contributed by atoms with van der Waals surface area (Å²) in [5, 5.41) is 34.0. The van der Waals surface area contributed by atoms with Crippen LogP contribution in [0.2, 0.25) is 0 Å². The van der Waals surface area contributed by atoms with E-state index in [1.54, 1.807) is 13.8 Å². The summed E-state index contributed by atoms with van der Waals surface area (Å²) in [7, 11) is 0. The largest absolute Gasteiger partial charge is 0.393 e. The third-order valence-electron chi connectivity index (χ3n) is 10.2. The molecule has 0 spiro atoms. The Bertz CT molecular complexity index is 888. The Kier molecular flexibility index (Phi) is 4.30. The number of carbonyl (C=O) groups excluding carboxylic acids is 3. The lowest BCUT2D eigenvalue weighted by Crippen LogP contribution is -2.73. The van der Waals surface area contributed by atoms with Gasteiger partial charge in [0.25, 0.3) is 0 Å². The fourth-order valence-electron chi connectivity index (χ4n) is 7.88. The van der Waals surface area contributed by atoms with Gasteiger partial charge >= 0.3 is 0 Å². The number of rotatable bonds is 1. The number of carbonyl (C=O) groups is 3. The van der Waals surface area contributed by atoms with Crippen molar-refractivity contribution in [1.82, 2.24) is 0 Å². The number of Topliss-reactive ketones (excluding diaryl/α,β-unsaturated/α-hetero) is 2. The van der Waals surface area contributed by atoms with E-state index in [4.69, 9.17) is 0 Å². The van der Waals surface area contributed by atoms with Crippen molar-refractivity contribution in [3.8, 4) is 0 Å². The van der Waals surface area contributed by atoms with Gasteiger partial charge in [-0.25, -0.2) is 0 Å². The van der Waals surface area contributed by atoms with Crippen LogP contribution in [0.25, 0.3) is 0 Å². The van der Waals surface area contributed by atoms with E-state index >= 15 is 0 Å². The zero-order valence-electron chi connectivity index (χ0n) is 18.8. The Labute approximate surface area is 177 Å². The van der Waals surface area contributed by atoms with Crippen molar-refractivity contribution in [1.29, 1.82) is 0 Å². The lowest BCUT2D eigenvalue weighted by Gasteiger charge is -2.65. The molecular weight excluding hydrogens is 384 g/mol. The summed E-state index contributed by atoms with van der Waals surface area (Å²) in [5.41, 5.74) is -5.75. The molecule has 4 aliphatic rings. The molecule has 30 heavy (non-hydrogen) atoms. The summed E-state index contributed by atoms with van der Waals surface area (Å²) in [6.07, 6.45) is 0.821. The minimum absolute atomic E-state index is 0.0507. The molecule has 0 amide bonds. The van der Waals surface area contributed by atoms with Gasteiger partial charge < -0.3 is 15.3 Å². The molecule has 0 unspecified atom stereocenters. The Morgan fingerprint density at radius 2 is 1.67 bits per heavy atom. The first-order valence-corrected chi connectivity index (χ1v) is 11.0. The van der Waals surface area contributed by atoms with E-state index in [0.29, 0.717) is 18.4 Å². The minimum atomic E-state index is -2.02. The third-order valence-corrected chi connectivity index (χ3v) is 10.2. The summed E-state index contributed by atoms with van der Waals surface area (Å²) < 4.78 is 0. The first-order chi connectivity index (χ1) is 13.6. The molecule has 166 valence electrons. The molecule has 0 aromatic rings. The van der Waals surface area contributed by atoms with E-state index in [9.17, 15) is 29.7 Å². The number of ketones is 3. The van der Waals surface area contributed by atoms with Gasteiger partial charge in [0.1, 0.15) is 5.78 Å². The van der Waals surface area contributed by atoms with Crippen LogP contribution < -0.4 is 0 Å². The van der Waals surface area contributed by atoms with Crippen molar-refractivity contribution < 1.29 is 29.7 Å². The fourth-order valence-corrected chi connectivity index (χ4v) is 7.88. The van der Waals surface area contributed by atoms with Crippen LogP contribution in [0.15, 0.2) is 11.6 Å². The van der Waals surface area contributed by atoms with Gasteiger partial charge in [-0.15, -0.1) is 0 Å². The zero-order chi connectivity index (χ0) is 22.7. The maximum absolute atomic E-state index is 13.7. The molecule has 0 bridgehead atoms. The molecule has 0 aromatic carbocycles. The molecule has 3 N–H and O–H groups in total. The van der Waals surface area contributed by atoms with Gasteiger partial charge in [0.15, 0.2) is 17.2 Å². The Hall–Kier alpha value is -1.37. The van der Waals surface area contributed by atoms with Crippen LogP contribution in [0, 0.1) is 33.5 Å². The number of hydrogen-bond donors (Lipinski definition) is 3. The molecule has 0 aromatic heterocycles. The molecule has 3 fully saturated rings. The molecule has 0 heterocycles. The molecule has 3 saturated carbocycles. The summed E-state index contributed by atoms with van der Waals surface area (Å²) in [6, 6.07) is 0. The lowest BCUT2D eigenvalue weighted by molar-refractivity contribution is -0.203. The predicted molar refractivity (Wildman–Crippen MR) is 109 cm³/mol. The fraction of sp³-hybridized carbons (Fsp3) is 0.792. The van der Waals surface area contributed by atoms with Gasteiger partial charge in [-0.3, -0.25) is 14.4 Å². The third kappa shape index (κ3) is 2.04. The van der Waals surface area contributed by atoms with Crippen LogP contribution in [-0.4, -0.2) is 50.5 Å². The average molecular weight is 419 g/mol. The summed E-state index contributed by atoms with van der Waals surface area (Å²) in [5.74, 6) is -1.95. The van der Waals surface area contributed by atoms with Crippen LogP contribution in [0.3, 0.4) is 0 Å². The van der Waals surface area contributed by atoms with Crippen molar-refractivity contribution in [3.05, 3.63) is 11.6 Å². The Balaban J connectivity index is 2.00. The van der Waals surface area contributed by atoms with Crippen LogP contribution in [-0.2, 0) is 14.4 Å². The molecular formula is C24H34O6. The number of aliphatic hydroxyl groups is 3. The predicted octanol–water partition coefficient (Wildman–Crippen LogP) is 1.99. The maximum Gasteiger partial charge on any atom is 0.169 e. The summed E-state index contributed by atoms with van der Waals surface area (Å²) in [6.45, 7) is 10.5. The standard InChI is InChI=1S/C24H34O6/c1-12(25)13-9-18(28)23(6)22(13,5)17(27)11-15-21(4)8-7-16(26)20(2,3)14(21)10-19(29)24(15,23)30/h11,13-14,16,18,26,28,30H,7-10H2,1-6H3/t13-,14+,16+,18-,21+,22+,23-,24-/m1/s1. The van der Waals surface area contributed by atoms with Crippen molar-refractivity contribution in [3.63, 3.8) is 0 Å². The van der Waals surface area contributed by atoms with Crippen LogP contribution in [0.1, 0.15) is 67.2 Å². The quantitative estimate of drug-likeness (QED) is 0.600. The van der Waals surface area contributed by atoms with E-state index in [0.717, 1.165) is 0 Å². The average Bonchev–Trinajstić information content (AvgIpc) is 2.88. The molecule has 0 saturated heterocycles. The monoisotopic (exact) mass is 418 g/mol.